The zero-order valence-corrected chi connectivity index (χ0v) is 9.47. The first kappa shape index (κ1) is 18.4. The summed E-state index contributed by atoms with van der Waals surface area (Å²) < 4.78 is 0. The van der Waals surface area contributed by atoms with Crippen LogP contribution in [0.1, 0.15) is 0 Å². The fourth-order valence-electron chi connectivity index (χ4n) is 0.258. The van der Waals surface area contributed by atoms with E-state index in [0.29, 0.717) is 0 Å². The molecule has 0 spiro atoms. The van der Waals surface area contributed by atoms with Crippen LogP contribution in [-0.4, -0.2) is 34.4 Å². The Labute approximate surface area is 105 Å². The molecule has 0 heterocycles. The molecule has 0 saturated heterocycles. The number of aliphatic hydroxyl groups is 2. The van der Waals surface area contributed by atoms with Crippen LogP contribution in [0.2, 0.25) is 0 Å². The third-order valence-electron chi connectivity index (χ3n) is 0.782. The maximum absolute atomic E-state index is 9.63. The zero-order valence-electron chi connectivity index (χ0n) is 5.98. The number of carboxylic acid groups (broad SMARTS) is 2. The van der Waals surface area contributed by atoms with Crippen molar-refractivity contribution in [1.82, 2.24) is 0 Å². The molecular weight excluding hydrogens is 275 g/mol. The Morgan fingerprint density at radius 1 is 1.00 bits per heavy atom. The third-order valence-corrected chi connectivity index (χ3v) is 0.782. The predicted molar refractivity (Wildman–Crippen MR) is 22.0 cm³/mol. The van der Waals surface area contributed by atoms with E-state index in [1.807, 2.05) is 0 Å². The van der Waals surface area contributed by atoms with Crippen LogP contribution >= 0.6 is 0 Å². The van der Waals surface area contributed by atoms with Gasteiger partial charge in [0.25, 0.3) is 0 Å². The Balaban J connectivity index is -0.000000405. The van der Waals surface area contributed by atoms with Crippen LogP contribution in [0.15, 0.2) is 0 Å². The maximum atomic E-state index is 9.63. The summed E-state index contributed by atoms with van der Waals surface area (Å²) in [5, 5.41) is 35.7. The molecule has 2 atom stereocenters. The van der Waals surface area contributed by atoms with Gasteiger partial charge in [0.15, 0.2) is 0 Å². The summed E-state index contributed by atoms with van der Waals surface area (Å²) in [5.41, 5.74) is 0. The molecule has 0 fully saturated rings. The number of aliphatic hydroxyl groups excluding tert-OH is 2. The van der Waals surface area contributed by atoms with Gasteiger partial charge in [0.2, 0.25) is 0 Å². The number of aliphatic carboxylic acids is 2. The van der Waals surface area contributed by atoms with E-state index in [9.17, 15) is 19.8 Å². The monoisotopic (exact) mass is 278 g/mol. The van der Waals surface area contributed by atoms with Crippen LogP contribution in [0.3, 0.4) is 0 Å². The van der Waals surface area contributed by atoms with Crippen molar-refractivity contribution in [2.45, 2.75) is 12.2 Å². The molecule has 0 rings (SSSR count). The van der Waals surface area contributed by atoms with Gasteiger partial charge in [-0.25, -0.2) is 0 Å². The van der Waals surface area contributed by atoms with E-state index in [1.54, 1.807) is 0 Å². The fraction of sp³-hybridized carbons (Fsp3) is 0.500. The summed E-state index contributed by atoms with van der Waals surface area (Å²) in [7, 11) is 0. The Morgan fingerprint density at radius 2 is 1.17 bits per heavy atom. The maximum Gasteiger partial charge on any atom is 1.00 e. The van der Waals surface area contributed by atoms with Gasteiger partial charge in [-0.2, -0.15) is 0 Å². The van der Waals surface area contributed by atoms with Crippen LogP contribution in [0.25, 0.3) is 0 Å². The first-order valence-electron chi connectivity index (χ1n) is 2.24. The zero-order chi connectivity index (χ0) is 8.31. The van der Waals surface area contributed by atoms with Crippen LogP contribution in [0, 0.1) is 0 Å². The molecule has 2 unspecified atom stereocenters. The number of carboxylic acids is 2. The van der Waals surface area contributed by atoms with Crippen molar-refractivity contribution in [3.8, 4) is 0 Å². The van der Waals surface area contributed by atoms with Gasteiger partial charge in [0, 0.05) is 0 Å². The van der Waals surface area contributed by atoms with Gasteiger partial charge in [0.1, 0.15) is 12.2 Å². The second kappa shape index (κ2) is 8.21. The van der Waals surface area contributed by atoms with Crippen molar-refractivity contribution in [3.05, 3.63) is 0 Å². The van der Waals surface area contributed by atoms with Crippen molar-refractivity contribution >= 4 is 11.9 Å². The summed E-state index contributed by atoms with van der Waals surface area (Å²) in [4.78, 5) is 19.3. The summed E-state index contributed by atoms with van der Waals surface area (Å²) in [6, 6.07) is 0. The van der Waals surface area contributed by atoms with Crippen molar-refractivity contribution in [1.29, 1.82) is 0 Å². The van der Waals surface area contributed by atoms with E-state index in [-0.39, 0.29) is 51.9 Å². The Kier molecular flexibility index (Phi) is 12.6. The molecule has 12 heavy (non-hydrogen) atoms. The number of hydrogen-bond donors (Lipinski definition) is 2. The van der Waals surface area contributed by atoms with Gasteiger partial charge in [-0.1, -0.05) is 0 Å². The molecule has 0 aromatic carbocycles. The minimum atomic E-state index is -2.44. The Hall–Kier alpha value is 0.600. The molecule has 0 aliphatic rings. The molecule has 0 aliphatic heterocycles. The molecule has 0 amide bonds. The van der Waals surface area contributed by atoms with Gasteiger partial charge in [0.05, 0.1) is 11.9 Å². The van der Waals surface area contributed by atoms with E-state index >= 15 is 0 Å². The second-order valence-corrected chi connectivity index (χ2v) is 1.53. The molecule has 0 aromatic heterocycles. The fourth-order valence-corrected chi connectivity index (χ4v) is 0.258. The minimum Gasteiger partial charge on any atom is -0.547 e. The summed E-state index contributed by atoms with van der Waals surface area (Å²) in [5.74, 6) is -4.12. The number of rotatable bonds is 3. The van der Waals surface area contributed by atoms with Crippen LogP contribution < -0.4 is 39.8 Å². The van der Waals surface area contributed by atoms with Crippen LogP contribution in [0.4, 0.5) is 0 Å². The van der Waals surface area contributed by atoms with Gasteiger partial charge < -0.3 is 30.0 Å². The second-order valence-electron chi connectivity index (χ2n) is 1.53. The number of carbonyl (C=O) groups is 2. The molecule has 0 radical (unpaired) electrons. The molecule has 68 valence electrons. The molecule has 0 bridgehead atoms. The van der Waals surface area contributed by atoms with E-state index < -0.39 is 24.1 Å². The SMILES string of the molecule is O=C([O-])C(O)C(O)C(=O)[O-].[Ag+].[Na+]. The number of hydrogen-bond acceptors (Lipinski definition) is 6. The van der Waals surface area contributed by atoms with E-state index in [4.69, 9.17) is 10.2 Å². The Bertz CT molecular complexity index is 144. The summed E-state index contributed by atoms with van der Waals surface area (Å²) >= 11 is 0. The van der Waals surface area contributed by atoms with E-state index in [2.05, 4.69) is 0 Å². The molecule has 2 N–H and O–H groups in total. The predicted octanol–water partition coefficient (Wildman–Crippen LogP) is -7.79. The first-order valence-corrected chi connectivity index (χ1v) is 2.24. The largest absolute Gasteiger partial charge is 1.00 e. The van der Waals surface area contributed by atoms with Crippen LogP contribution in [0.5, 0.6) is 0 Å². The Morgan fingerprint density at radius 3 is 1.25 bits per heavy atom. The first-order chi connectivity index (χ1) is 4.46. The minimum absolute atomic E-state index is 0. The molecule has 8 heteroatoms. The molecule has 0 aromatic rings. The van der Waals surface area contributed by atoms with Gasteiger partial charge >= 0.3 is 51.9 Å². The van der Waals surface area contributed by atoms with Crippen molar-refractivity contribution in [2.24, 2.45) is 0 Å². The third kappa shape index (κ3) is 6.15. The van der Waals surface area contributed by atoms with E-state index in [1.165, 1.54) is 0 Å². The molecule has 0 aliphatic carbocycles. The van der Waals surface area contributed by atoms with Gasteiger partial charge in [-0.3, -0.25) is 0 Å². The van der Waals surface area contributed by atoms with Crippen molar-refractivity contribution in [2.75, 3.05) is 0 Å². The topological polar surface area (TPSA) is 121 Å². The number of carbonyl (C=O) groups excluding carboxylic acids is 2. The molecule has 0 saturated carbocycles. The van der Waals surface area contributed by atoms with Gasteiger partial charge in [-0.05, 0) is 0 Å². The van der Waals surface area contributed by atoms with Crippen molar-refractivity contribution in [3.63, 3.8) is 0 Å². The standard InChI is InChI=1S/C4H6O6.Ag.Na/c5-1(3(7)8)2(6)4(9)10;;/h1-2,5-6H,(H,7,8)(H,9,10);;/q;2*+1/p-2. The quantitative estimate of drug-likeness (QED) is 0.495. The van der Waals surface area contributed by atoms with E-state index in [0.717, 1.165) is 0 Å². The smallest absolute Gasteiger partial charge is 0.547 e. The van der Waals surface area contributed by atoms with Crippen molar-refractivity contribution < 1.29 is 82.0 Å². The average Bonchev–Trinajstić information content (AvgIpc) is 1.84. The molecular formula is C4H4AgNaO6. The van der Waals surface area contributed by atoms with Gasteiger partial charge in [-0.15, -0.1) is 0 Å². The molecule has 6 nitrogen and oxygen atoms in total. The summed E-state index contributed by atoms with van der Waals surface area (Å²) in [6.45, 7) is 0. The summed E-state index contributed by atoms with van der Waals surface area (Å²) in [6.07, 6.45) is -4.88. The average molecular weight is 279 g/mol. The van der Waals surface area contributed by atoms with Crippen LogP contribution in [-0.2, 0) is 32.0 Å². The normalized spacial score (nSPS) is 13.2.